The fourth-order valence-electron chi connectivity index (χ4n) is 6.05. The molecule has 0 aliphatic heterocycles. The molecule has 0 saturated carbocycles. The van der Waals surface area contributed by atoms with E-state index in [0.717, 1.165) is 0 Å². The molecule has 0 saturated heterocycles. The lowest BCUT2D eigenvalue weighted by Gasteiger charge is -2.11. The summed E-state index contributed by atoms with van der Waals surface area (Å²) in [5.74, 6) is 0. The fraction of sp³-hybridized carbons (Fsp3) is 1.00. The van der Waals surface area contributed by atoms with Crippen LogP contribution in [0.3, 0.4) is 0 Å². The zero-order valence-electron chi connectivity index (χ0n) is 29.3. The third kappa shape index (κ3) is 51.7. The summed E-state index contributed by atoms with van der Waals surface area (Å²) < 4.78 is 31.6. The maximum absolute atomic E-state index is 8.74. The van der Waals surface area contributed by atoms with Gasteiger partial charge in [0.2, 0.25) is 0 Å². The van der Waals surface area contributed by atoms with E-state index in [-0.39, 0.29) is 0 Å². The first-order valence-electron chi connectivity index (χ1n) is 19.3. The van der Waals surface area contributed by atoms with Gasteiger partial charge in [-0.05, 0) is 12.8 Å². The summed E-state index contributed by atoms with van der Waals surface area (Å²) in [5, 5.41) is 0. The Labute approximate surface area is 271 Å². The van der Waals surface area contributed by atoms with Crippen molar-refractivity contribution < 1.29 is 17.5 Å². The summed E-state index contributed by atoms with van der Waals surface area (Å²) >= 11 is 0. The van der Waals surface area contributed by atoms with Gasteiger partial charge in [-0.15, -0.1) is 0 Å². The molecule has 0 atom stereocenters. The number of unbranched alkanes of at least 4 members (excludes halogenated alkanes) is 30. The lowest BCUT2D eigenvalue weighted by atomic mass is 10.00. The molecule has 262 valence electrons. The van der Waals surface area contributed by atoms with Crippen LogP contribution in [0.1, 0.15) is 232 Å². The Morgan fingerprint density at radius 3 is 0.674 bits per heavy atom. The van der Waals surface area contributed by atoms with Crippen molar-refractivity contribution in [1.82, 2.24) is 0 Å². The second-order valence-corrected chi connectivity index (χ2v) is 14.3. The molecule has 5 nitrogen and oxygen atoms in total. The molecule has 0 aliphatic rings. The van der Waals surface area contributed by atoms with Crippen LogP contribution in [0.2, 0.25) is 0 Å². The smallest absolute Gasteiger partial charge is 0.328 e. The first-order valence-corrected chi connectivity index (χ1v) is 20.7. The van der Waals surface area contributed by atoms with Crippen molar-refractivity contribution in [3.05, 3.63) is 0 Å². The van der Waals surface area contributed by atoms with Crippen LogP contribution in [0, 0.1) is 0 Å². The highest BCUT2D eigenvalue weighted by Gasteiger charge is 2.03. The predicted molar refractivity (Wildman–Crippen MR) is 190 cm³/mol. The summed E-state index contributed by atoms with van der Waals surface area (Å²) in [6, 6.07) is 0.466. The highest BCUT2D eigenvalue weighted by molar-refractivity contribution is 7.79. The van der Waals surface area contributed by atoms with Crippen LogP contribution in [0.15, 0.2) is 0 Å². The van der Waals surface area contributed by atoms with Crippen LogP contribution in [0.5, 0.6) is 0 Å². The van der Waals surface area contributed by atoms with Crippen LogP contribution in [0.25, 0.3) is 0 Å². The van der Waals surface area contributed by atoms with Gasteiger partial charge in [0.25, 0.3) is 0 Å². The maximum atomic E-state index is 8.74. The molecule has 0 spiro atoms. The maximum Gasteiger partial charge on any atom is 0.394 e. The van der Waals surface area contributed by atoms with E-state index in [2.05, 4.69) is 13.8 Å². The minimum atomic E-state index is -4.67. The summed E-state index contributed by atoms with van der Waals surface area (Å²) in [4.78, 5) is 0. The molecule has 0 amide bonds. The van der Waals surface area contributed by atoms with Crippen LogP contribution in [-0.4, -0.2) is 23.6 Å². The molecule has 0 aliphatic carbocycles. The number of nitrogens with two attached hydrogens (primary N) is 1. The third-order valence-electron chi connectivity index (χ3n) is 8.86. The minimum absolute atomic E-state index is 0.466. The van der Waals surface area contributed by atoms with Crippen molar-refractivity contribution >= 4 is 10.4 Å². The zero-order chi connectivity index (χ0) is 32.1. The molecule has 0 fully saturated rings. The van der Waals surface area contributed by atoms with Crippen LogP contribution in [-0.2, 0) is 10.4 Å². The monoisotopic (exact) mass is 634 g/mol. The minimum Gasteiger partial charge on any atom is -0.328 e. The normalized spacial score (nSPS) is 11.7. The van der Waals surface area contributed by atoms with Gasteiger partial charge in [-0.25, -0.2) is 0 Å². The van der Waals surface area contributed by atoms with Gasteiger partial charge in [-0.1, -0.05) is 219 Å². The van der Waals surface area contributed by atoms with E-state index in [0.29, 0.717) is 6.04 Å². The van der Waals surface area contributed by atoms with Gasteiger partial charge < -0.3 is 5.73 Å². The summed E-state index contributed by atoms with van der Waals surface area (Å²) in [6.07, 6.45) is 48.9. The second-order valence-electron chi connectivity index (χ2n) is 13.4. The van der Waals surface area contributed by atoms with Crippen molar-refractivity contribution in [3.8, 4) is 0 Å². The van der Waals surface area contributed by atoms with E-state index in [1.54, 1.807) is 0 Å². The Kier molecular flexibility index (Phi) is 39.7. The molecular formula is C37H79NO4S. The van der Waals surface area contributed by atoms with Crippen molar-refractivity contribution in [2.75, 3.05) is 0 Å². The van der Waals surface area contributed by atoms with Gasteiger partial charge in [0.1, 0.15) is 0 Å². The molecule has 6 heteroatoms. The number of hydrogen-bond acceptors (Lipinski definition) is 3. The van der Waals surface area contributed by atoms with E-state index >= 15 is 0 Å². The standard InChI is InChI=1S/C37H77N.H2O4S/c1-3-5-7-9-11-13-15-17-19-21-23-25-27-29-31-33-35-37(38)36-34-32-30-28-26-24-22-20-18-16-14-12-10-8-6-4-2;1-5(2,3)4/h37H,3-36,38H2,1-2H3;(H2,1,2,3,4). The molecule has 0 aromatic heterocycles. The predicted octanol–water partition coefficient (Wildman–Crippen LogP) is 13.0. The molecule has 43 heavy (non-hydrogen) atoms. The zero-order valence-corrected chi connectivity index (χ0v) is 30.1. The van der Waals surface area contributed by atoms with Crippen molar-refractivity contribution in [1.29, 1.82) is 0 Å². The van der Waals surface area contributed by atoms with Crippen molar-refractivity contribution in [2.24, 2.45) is 5.73 Å². The number of rotatable bonds is 34. The summed E-state index contributed by atoms with van der Waals surface area (Å²) in [5.41, 5.74) is 6.39. The van der Waals surface area contributed by atoms with Gasteiger partial charge in [0.15, 0.2) is 0 Å². The van der Waals surface area contributed by atoms with E-state index in [9.17, 15) is 0 Å². The molecule has 0 bridgehead atoms. The molecular weight excluding hydrogens is 554 g/mol. The lowest BCUT2D eigenvalue weighted by Crippen LogP contribution is -2.19. The molecule has 0 radical (unpaired) electrons. The highest BCUT2D eigenvalue weighted by atomic mass is 32.3. The van der Waals surface area contributed by atoms with Gasteiger partial charge in [-0.3, -0.25) is 9.11 Å². The average molecular weight is 634 g/mol. The van der Waals surface area contributed by atoms with Crippen LogP contribution in [0.4, 0.5) is 0 Å². The van der Waals surface area contributed by atoms with Crippen LogP contribution >= 0.6 is 0 Å². The van der Waals surface area contributed by atoms with Gasteiger partial charge in [0.05, 0.1) is 0 Å². The Hall–Kier alpha value is -0.170. The van der Waals surface area contributed by atoms with E-state index in [1.165, 1.54) is 218 Å². The SMILES string of the molecule is CCCCCCCCCCCCCCCCCCC(N)CCCCCCCCCCCCCCCCCC.O=S(=O)(O)O. The van der Waals surface area contributed by atoms with E-state index in [4.69, 9.17) is 23.3 Å². The quantitative estimate of drug-likeness (QED) is 0.0483. The molecule has 0 rings (SSSR count). The molecule has 0 aromatic carbocycles. The summed E-state index contributed by atoms with van der Waals surface area (Å²) in [7, 11) is -4.67. The van der Waals surface area contributed by atoms with E-state index < -0.39 is 10.4 Å². The molecule has 0 unspecified atom stereocenters. The molecule has 4 N–H and O–H groups in total. The fourth-order valence-corrected chi connectivity index (χ4v) is 6.05. The first-order chi connectivity index (χ1) is 20.8. The number of hydrogen-bond donors (Lipinski definition) is 3. The van der Waals surface area contributed by atoms with Crippen molar-refractivity contribution in [2.45, 2.75) is 238 Å². The third-order valence-corrected chi connectivity index (χ3v) is 8.86. The Bertz CT molecular complexity index is 555. The van der Waals surface area contributed by atoms with Crippen LogP contribution < -0.4 is 5.73 Å². The summed E-state index contributed by atoms with van der Waals surface area (Å²) in [6.45, 7) is 4.61. The van der Waals surface area contributed by atoms with Gasteiger partial charge in [0, 0.05) is 6.04 Å². The molecule has 0 aromatic rings. The van der Waals surface area contributed by atoms with Gasteiger partial charge >= 0.3 is 10.4 Å². The topological polar surface area (TPSA) is 101 Å². The Morgan fingerprint density at radius 2 is 0.512 bits per heavy atom. The van der Waals surface area contributed by atoms with E-state index in [1.807, 2.05) is 0 Å². The first kappa shape index (κ1) is 45.0. The highest BCUT2D eigenvalue weighted by Crippen LogP contribution is 2.17. The van der Waals surface area contributed by atoms with Crippen molar-refractivity contribution in [3.63, 3.8) is 0 Å². The largest absolute Gasteiger partial charge is 0.394 e. The Balaban J connectivity index is 0. The average Bonchev–Trinajstić information content (AvgIpc) is 2.96. The Morgan fingerprint density at radius 1 is 0.372 bits per heavy atom. The second kappa shape index (κ2) is 38.0. The van der Waals surface area contributed by atoms with Gasteiger partial charge in [-0.2, -0.15) is 8.42 Å². The molecule has 0 heterocycles. The lowest BCUT2D eigenvalue weighted by molar-refractivity contribution is 0.381.